The molecule has 1 aromatic carbocycles. The van der Waals surface area contributed by atoms with Crippen LogP contribution >= 0.6 is 0 Å². The molecule has 0 aliphatic carbocycles. The molecular formula is C24H27N5O4. The Morgan fingerprint density at radius 2 is 2.00 bits per heavy atom. The molecule has 2 N–H and O–H groups in total. The van der Waals surface area contributed by atoms with Gasteiger partial charge in [-0.05, 0) is 57.9 Å². The van der Waals surface area contributed by atoms with Gasteiger partial charge in [0.05, 0.1) is 11.9 Å². The third-order valence-corrected chi connectivity index (χ3v) is 5.52. The summed E-state index contributed by atoms with van der Waals surface area (Å²) in [4.78, 5) is 43.4. The van der Waals surface area contributed by atoms with Gasteiger partial charge in [-0.3, -0.25) is 14.4 Å². The Kier molecular flexibility index (Phi) is 5.65. The Balaban J connectivity index is 1.54. The zero-order valence-electron chi connectivity index (χ0n) is 19.2. The van der Waals surface area contributed by atoms with Crippen molar-refractivity contribution >= 4 is 23.4 Å². The number of carbonyl (C=O) groups excluding carboxylic acids is 3. The number of hydrogen-bond donors (Lipinski definition) is 1. The summed E-state index contributed by atoms with van der Waals surface area (Å²) in [6, 6.07) is 6.45. The summed E-state index contributed by atoms with van der Waals surface area (Å²) in [5.41, 5.74) is 9.63. The average molecular weight is 450 g/mol. The second-order valence-corrected chi connectivity index (χ2v) is 9.26. The van der Waals surface area contributed by atoms with E-state index in [9.17, 15) is 14.4 Å². The van der Waals surface area contributed by atoms with Crippen molar-refractivity contribution in [2.24, 2.45) is 5.73 Å². The van der Waals surface area contributed by atoms with Gasteiger partial charge in [0.1, 0.15) is 11.6 Å². The lowest BCUT2D eigenvalue weighted by molar-refractivity contribution is -0.155. The highest BCUT2D eigenvalue weighted by molar-refractivity contribution is 6.01. The number of hydrogen-bond acceptors (Lipinski definition) is 6. The number of aryl methyl sites for hydroxylation is 1. The average Bonchev–Trinajstić information content (AvgIpc) is 3.26. The second kappa shape index (κ2) is 8.31. The quantitative estimate of drug-likeness (QED) is 0.578. The molecule has 0 saturated heterocycles. The number of carbonyl (C=O) groups is 3. The van der Waals surface area contributed by atoms with Crippen LogP contribution in [0.3, 0.4) is 0 Å². The number of amides is 2. The van der Waals surface area contributed by atoms with Crippen LogP contribution < -0.4 is 5.73 Å². The first-order valence-electron chi connectivity index (χ1n) is 10.8. The third kappa shape index (κ3) is 4.57. The number of aromatic nitrogens is 3. The van der Waals surface area contributed by atoms with Crippen LogP contribution in [0.2, 0.25) is 0 Å². The molecule has 9 heteroatoms. The lowest BCUT2D eigenvalue weighted by atomic mass is 10.0. The van der Waals surface area contributed by atoms with Gasteiger partial charge in [-0.2, -0.15) is 5.10 Å². The molecule has 33 heavy (non-hydrogen) atoms. The number of ether oxygens (including phenoxy) is 1. The van der Waals surface area contributed by atoms with Crippen molar-refractivity contribution in [3.63, 3.8) is 0 Å². The molecule has 1 aliphatic rings. The van der Waals surface area contributed by atoms with Crippen molar-refractivity contribution in [1.29, 1.82) is 0 Å². The maximum Gasteiger partial charge on any atom is 0.306 e. The minimum Gasteiger partial charge on any atom is -0.460 e. The zero-order chi connectivity index (χ0) is 23.9. The van der Waals surface area contributed by atoms with E-state index < -0.39 is 23.5 Å². The molecule has 0 saturated carbocycles. The van der Waals surface area contributed by atoms with Crippen LogP contribution in [0.4, 0.5) is 0 Å². The fraction of sp³-hybridized carbons (Fsp3) is 0.375. The zero-order valence-corrected chi connectivity index (χ0v) is 19.2. The first-order chi connectivity index (χ1) is 15.5. The van der Waals surface area contributed by atoms with Crippen LogP contribution in [-0.2, 0) is 20.9 Å². The molecule has 2 aromatic heterocycles. The normalized spacial score (nSPS) is 14.4. The smallest absolute Gasteiger partial charge is 0.306 e. The molecule has 9 nitrogen and oxygen atoms in total. The number of benzene rings is 1. The largest absolute Gasteiger partial charge is 0.460 e. The Bertz CT molecular complexity index is 1260. The number of fused-ring (bicyclic) bond motifs is 2. The lowest BCUT2D eigenvalue weighted by Gasteiger charge is -2.25. The van der Waals surface area contributed by atoms with E-state index in [1.807, 2.05) is 31.3 Å². The van der Waals surface area contributed by atoms with Gasteiger partial charge in [-0.25, -0.2) is 9.50 Å². The molecule has 0 radical (unpaired) electrons. The van der Waals surface area contributed by atoms with Gasteiger partial charge in [-0.15, -0.1) is 0 Å². The van der Waals surface area contributed by atoms with E-state index in [1.165, 1.54) is 4.90 Å². The predicted octanol–water partition coefficient (Wildman–Crippen LogP) is 2.64. The fourth-order valence-electron chi connectivity index (χ4n) is 4.00. The van der Waals surface area contributed by atoms with Crippen LogP contribution in [0.25, 0.3) is 16.9 Å². The number of nitrogens with zero attached hydrogens (tertiary/aromatic N) is 4. The first-order valence-corrected chi connectivity index (χ1v) is 10.8. The van der Waals surface area contributed by atoms with E-state index in [0.717, 1.165) is 28.0 Å². The summed E-state index contributed by atoms with van der Waals surface area (Å²) in [5, 5.41) is 4.24. The molecule has 1 atom stereocenters. The highest BCUT2D eigenvalue weighted by Crippen LogP contribution is 2.30. The monoisotopic (exact) mass is 449 g/mol. The van der Waals surface area contributed by atoms with Crippen LogP contribution in [0.5, 0.6) is 0 Å². The molecule has 4 rings (SSSR count). The van der Waals surface area contributed by atoms with Crippen molar-refractivity contribution < 1.29 is 19.1 Å². The van der Waals surface area contributed by atoms with Crippen molar-refractivity contribution in [1.82, 2.24) is 19.5 Å². The molecule has 0 bridgehead atoms. The topological polar surface area (TPSA) is 120 Å². The van der Waals surface area contributed by atoms with Crippen LogP contribution in [0, 0.1) is 6.92 Å². The van der Waals surface area contributed by atoms with Crippen LogP contribution in [0.1, 0.15) is 55.1 Å². The SMILES string of the molecule is Cc1cnn2ccc(-c3ccc4c(c3)CN([C@@H](CCC(=O)OC(C)(C)C)C(N)=O)C4=O)nc12. The van der Waals surface area contributed by atoms with Crippen molar-refractivity contribution in [3.8, 4) is 11.3 Å². The number of rotatable bonds is 6. The lowest BCUT2D eigenvalue weighted by Crippen LogP contribution is -2.45. The molecule has 172 valence electrons. The van der Waals surface area contributed by atoms with E-state index in [4.69, 9.17) is 10.5 Å². The highest BCUT2D eigenvalue weighted by Gasteiger charge is 2.36. The van der Waals surface area contributed by atoms with E-state index in [-0.39, 0.29) is 25.3 Å². The number of primary amides is 1. The van der Waals surface area contributed by atoms with Crippen molar-refractivity contribution in [2.45, 2.75) is 58.7 Å². The summed E-state index contributed by atoms with van der Waals surface area (Å²) < 4.78 is 7.02. The van der Waals surface area contributed by atoms with Gasteiger partial charge < -0.3 is 15.4 Å². The maximum absolute atomic E-state index is 13.0. The molecular weight excluding hydrogens is 422 g/mol. The van der Waals surface area contributed by atoms with E-state index in [0.29, 0.717) is 5.56 Å². The van der Waals surface area contributed by atoms with Crippen LogP contribution in [-0.4, -0.2) is 48.9 Å². The van der Waals surface area contributed by atoms with Gasteiger partial charge in [0, 0.05) is 35.9 Å². The Morgan fingerprint density at radius 1 is 1.24 bits per heavy atom. The Labute approximate surface area is 191 Å². The molecule has 3 heterocycles. The third-order valence-electron chi connectivity index (χ3n) is 5.52. The van der Waals surface area contributed by atoms with E-state index >= 15 is 0 Å². The Hall–Kier alpha value is -3.75. The second-order valence-electron chi connectivity index (χ2n) is 9.26. The highest BCUT2D eigenvalue weighted by atomic mass is 16.6. The number of esters is 1. The molecule has 1 aliphatic heterocycles. The number of nitrogens with two attached hydrogens (primary N) is 1. The van der Waals surface area contributed by atoms with E-state index in [2.05, 4.69) is 10.1 Å². The summed E-state index contributed by atoms with van der Waals surface area (Å²) in [7, 11) is 0. The van der Waals surface area contributed by atoms with E-state index in [1.54, 1.807) is 37.5 Å². The molecule has 0 unspecified atom stereocenters. The summed E-state index contributed by atoms with van der Waals surface area (Å²) in [6.45, 7) is 7.50. The van der Waals surface area contributed by atoms with Gasteiger partial charge in [0.15, 0.2) is 5.65 Å². The molecule has 3 aromatic rings. The van der Waals surface area contributed by atoms with Gasteiger partial charge in [0.25, 0.3) is 5.91 Å². The minimum absolute atomic E-state index is 0.00904. The van der Waals surface area contributed by atoms with Crippen molar-refractivity contribution in [3.05, 3.63) is 53.3 Å². The minimum atomic E-state index is -0.898. The first kappa shape index (κ1) is 22.4. The van der Waals surface area contributed by atoms with Crippen molar-refractivity contribution in [2.75, 3.05) is 0 Å². The summed E-state index contributed by atoms with van der Waals surface area (Å²) in [5.74, 6) is -1.36. The predicted molar refractivity (Wildman–Crippen MR) is 121 cm³/mol. The molecule has 2 amide bonds. The maximum atomic E-state index is 13.0. The Morgan fingerprint density at radius 3 is 2.70 bits per heavy atom. The summed E-state index contributed by atoms with van der Waals surface area (Å²) in [6.07, 6.45) is 3.70. The van der Waals surface area contributed by atoms with Gasteiger partial charge in [-0.1, -0.05) is 6.07 Å². The van der Waals surface area contributed by atoms with Crippen LogP contribution in [0.15, 0.2) is 36.7 Å². The van der Waals surface area contributed by atoms with Gasteiger partial charge >= 0.3 is 5.97 Å². The summed E-state index contributed by atoms with van der Waals surface area (Å²) >= 11 is 0. The fourth-order valence-corrected chi connectivity index (χ4v) is 4.00. The molecule has 0 spiro atoms. The van der Waals surface area contributed by atoms with Gasteiger partial charge in [0.2, 0.25) is 5.91 Å². The molecule has 0 fully saturated rings. The standard InChI is InChI=1S/C24H27N5O4/c1-14-12-26-29-10-9-18(27-22(14)29)15-5-6-17-16(11-15)13-28(23(17)32)19(21(25)31)7-8-20(30)33-24(2,3)4/h5-6,9-12,19H,7-8,13H2,1-4H3,(H2,25,31)/t19-/m0/s1.